The quantitative estimate of drug-likeness (QED) is 0.576. The Hall–Kier alpha value is -3.39. The van der Waals surface area contributed by atoms with E-state index in [4.69, 9.17) is 16.3 Å². The molecule has 2 aliphatic heterocycles. The summed E-state index contributed by atoms with van der Waals surface area (Å²) in [5.74, 6) is -2.58. The van der Waals surface area contributed by atoms with Crippen molar-refractivity contribution in [3.63, 3.8) is 0 Å². The Labute approximate surface area is 176 Å². The Morgan fingerprint density at radius 1 is 1.13 bits per heavy atom. The summed E-state index contributed by atoms with van der Waals surface area (Å²) in [5.41, 5.74) is -0.609. The van der Waals surface area contributed by atoms with Crippen LogP contribution in [0.1, 0.15) is 17.5 Å². The van der Waals surface area contributed by atoms with Gasteiger partial charge in [-0.05, 0) is 35.9 Å². The molecule has 2 heterocycles. The Bertz CT molecular complexity index is 1100. The maximum Gasteiger partial charge on any atom is 0.323 e. The van der Waals surface area contributed by atoms with Crippen LogP contribution < -0.4 is 9.64 Å². The number of methoxy groups -OCH3 is 1. The normalized spacial score (nSPS) is 20.3. The second-order valence-electron chi connectivity index (χ2n) is 7.17. The van der Waals surface area contributed by atoms with Gasteiger partial charge in [0, 0.05) is 16.3 Å². The lowest BCUT2D eigenvalue weighted by Gasteiger charge is -2.22. The molecule has 1 saturated heterocycles. The van der Waals surface area contributed by atoms with Gasteiger partial charge in [0.15, 0.2) is 5.41 Å². The number of imide groups is 1. The second kappa shape index (κ2) is 7.14. The molecule has 0 saturated carbocycles. The van der Waals surface area contributed by atoms with Gasteiger partial charge in [0.1, 0.15) is 12.3 Å². The van der Waals surface area contributed by atoms with E-state index in [1.807, 2.05) is 0 Å². The smallest absolute Gasteiger partial charge is 0.323 e. The summed E-state index contributed by atoms with van der Waals surface area (Å²) in [4.78, 5) is 52.9. The van der Waals surface area contributed by atoms with E-state index in [9.17, 15) is 24.3 Å². The summed E-state index contributed by atoms with van der Waals surface area (Å²) in [7, 11) is 1.51. The van der Waals surface area contributed by atoms with E-state index in [0.29, 0.717) is 11.3 Å². The first-order valence-electron chi connectivity index (χ1n) is 9.09. The number of hydrogen-bond donors (Lipinski definition) is 1. The highest BCUT2D eigenvalue weighted by Crippen LogP contribution is 2.49. The minimum Gasteiger partial charge on any atom is -0.497 e. The number of carboxylic acid groups (broad SMARTS) is 1. The molecule has 0 unspecified atom stereocenters. The lowest BCUT2D eigenvalue weighted by atomic mass is 9.80. The molecule has 9 heteroatoms. The van der Waals surface area contributed by atoms with Gasteiger partial charge in [0.05, 0.1) is 20.1 Å². The molecular formula is C21H17ClN2O6. The van der Waals surface area contributed by atoms with Crippen LogP contribution in [0.3, 0.4) is 0 Å². The predicted molar refractivity (Wildman–Crippen MR) is 106 cm³/mol. The van der Waals surface area contributed by atoms with Crippen LogP contribution >= 0.6 is 11.6 Å². The maximum absolute atomic E-state index is 13.5. The number of rotatable bonds is 5. The van der Waals surface area contributed by atoms with E-state index in [1.54, 1.807) is 24.3 Å². The average Bonchev–Trinajstić information content (AvgIpc) is 3.09. The molecule has 2 aliphatic rings. The van der Waals surface area contributed by atoms with Gasteiger partial charge < -0.3 is 9.84 Å². The number of carboxylic acids is 1. The zero-order valence-corrected chi connectivity index (χ0v) is 16.7. The summed E-state index contributed by atoms with van der Waals surface area (Å²) >= 11 is 6.10. The van der Waals surface area contributed by atoms with Gasteiger partial charge in [-0.25, -0.2) is 0 Å². The number of anilines is 1. The van der Waals surface area contributed by atoms with Crippen molar-refractivity contribution in [3.8, 4) is 5.75 Å². The topological polar surface area (TPSA) is 104 Å². The highest BCUT2D eigenvalue weighted by Gasteiger charge is 2.63. The number of aliphatic carboxylic acids is 1. The van der Waals surface area contributed by atoms with Gasteiger partial charge in [-0.2, -0.15) is 0 Å². The van der Waals surface area contributed by atoms with Gasteiger partial charge >= 0.3 is 5.97 Å². The van der Waals surface area contributed by atoms with Crippen molar-refractivity contribution in [1.82, 2.24) is 4.90 Å². The lowest BCUT2D eigenvalue weighted by molar-refractivity contribution is -0.143. The number of amides is 3. The van der Waals surface area contributed by atoms with Crippen LogP contribution in [0.15, 0.2) is 42.5 Å². The van der Waals surface area contributed by atoms with Crippen molar-refractivity contribution in [2.75, 3.05) is 18.6 Å². The molecule has 8 nitrogen and oxygen atoms in total. The monoisotopic (exact) mass is 428 g/mol. The molecule has 30 heavy (non-hydrogen) atoms. The molecular weight excluding hydrogens is 412 g/mol. The number of hydrogen-bond acceptors (Lipinski definition) is 5. The van der Waals surface area contributed by atoms with Crippen LogP contribution in [0.2, 0.25) is 5.02 Å². The predicted octanol–water partition coefficient (Wildman–Crippen LogP) is 1.98. The van der Waals surface area contributed by atoms with Crippen molar-refractivity contribution >= 4 is 41.0 Å². The summed E-state index contributed by atoms with van der Waals surface area (Å²) in [6.45, 7) is -0.648. The molecule has 4 rings (SSSR count). The van der Waals surface area contributed by atoms with Crippen LogP contribution in [0, 0.1) is 0 Å². The Morgan fingerprint density at radius 2 is 1.87 bits per heavy atom. The SMILES string of the molecule is COc1cccc(CN2C(=O)C[C@]3(C2=O)C(=O)N(CC(=O)O)c2ccc(Cl)cc23)c1. The van der Waals surface area contributed by atoms with Gasteiger partial charge in [0.2, 0.25) is 17.7 Å². The van der Waals surface area contributed by atoms with E-state index in [-0.39, 0.29) is 29.2 Å². The third kappa shape index (κ3) is 2.91. The zero-order chi connectivity index (χ0) is 21.6. The molecule has 2 aromatic rings. The Morgan fingerprint density at radius 3 is 2.57 bits per heavy atom. The minimum atomic E-state index is -1.80. The number of ether oxygens (including phenoxy) is 1. The number of halogens is 1. The molecule has 1 spiro atoms. The van der Waals surface area contributed by atoms with Crippen molar-refractivity contribution < 1.29 is 29.0 Å². The summed E-state index contributed by atoms with van der Waals surface area (Å²) in [6, 6.07) is 11.4. The molecule has 1 atom stereocenters. The highest BCUT2D eigenvalue weighted by atomic mass is 35.5. The number of fused-ring (bicyclic) bond motifs is 2. The molecule has 0 aromatic heterocycles. The molecule has 0 radical (unpaired) electrons. The van der Waals surface area contributed by atoms with E-state index >= 15 is 0 Å². The number of nitrogens with zero attached hydrogens (tertiary/aromatic N) is 2. The van der Waals surface area contributed by atoms with E-state index < -0.39 is 35.7 Å². The molecule has 3 amide bonds. The van der Waals surface area contributed by atoms with E-state index in [0.717, 1.165) is 9.80 Å². The van der Waals surface area contributed by atoms with Crippen molar-refractivity contribution in [2.24, 2.45) is 0 Å². The minimum absolute atomic E-state index is 0.0290. The molecule has 1 N–H and O–H groups in total. The largest absolute Gasteiger partial charge is 0.497 e. The van der Waals surface area contributed by atoms with Crippen molar-refractivity contribution in [3.05, 3.63) is 58.6 Å². The zero-order valence-electron chi connectivity index (χ0n) is 15.9. The molecule has 0 bridgehead atoms. The fourth-order valence-electron chi connectivity index (χ4n) is 4.07. The summed E-state index contributed by atoms with van der Waals surface area (Å²) < 4.78 is 5.17. The number of benzene rings is 2. The third-order valence-electron chi connectivity index (χ3n) is 5.42. The fraction of sp³-hybridized carbons (Fsp3) is 0.238. The number of carbonyl (C=O) groups excluding carboxylic acids is 3. The van der Waals surface area contributed by atoms with Gasteiger partial charge in [0.25, 0.3) is 0 Å². The molecule has 2 aromatic carbocycles. The maximum atomic E-state index is 13.5. The summed E-state index contributed by atoms with van der Waals surface area (Å²) in [5, 5.41) is 9.51. The Kier molecular flexibility index (Phi) is 4.74. The molecule has 0 aliphatic carbocycles. The highest BCUT2D eigenvalue weighted by molar-refractivity contribution is 6.32. The first-order valence-corrected chi connectivity index (χ1v) is 9.47. The van der Waals surface area contributed by atoms with Gasteiger partial charge in [-0.15, -0.1) is 0 Å². The van der Waals surface area contributed by atoms with Crippen LogP contribution in [0.25, 0.3) is 0 Å². The van der Waals surface area contributed by atoms with Gasteiger partial charge in [-0.3, -0.25) is 29.0 Å². The van der Waals surface area contributed by atoms with Crippen molar-refractivity contribution in [2.45, 2.75) is 18.4 Å². The van der Waals surface area contributed by atoms with Crippen LogP contribution in [0.4, 0.5) is 5.69 Å². The first kappa shape index (κ1) is 19.9. The number of likely N-dealkylation sites (tertiary alicyclic amines) is 1. The van der Waals surface area contributed by atoms with Crippen molar-refractivity contribution in [1.29, 1.82) is 0 Å². The molecule has 154 valence electrons. The van der Waals surface area contributed by atoms with Gasteiger partial charge in [-0.1, -0.05) is 23.7 Å². The standard InChI is InChI=1S/C21H17ClN2O6/c1-30-14-4-2-3-12(7-14)10-24-17(25)9-21(20(24)29)15-8-13(22)5-6-16(15)23(19(21)28)11-18(26)27/h2-8H,9-11H2,1H3,(H,26,27)/t21-/m1/s1. The van der Waals surface area contributed by atoms with Crippen LogP contribution in [0.5, 0.6) is 5.75 Å². The summed E-state index contributed by atoms with van der Waals surface area (Å²) in [6.07, 6.45) is -0.377. The van der Waals surface area contributed by atoms with Crippen LogP contribution in [-0.4, -0.2) is 47.4 Å². The van der Waals surface area contributed by atoms with Crippen LogP contribution in [-0.2, 0) is 31.1 Å². The fourth-order valence-corrected chi connectivity index (χ4v) is 4.24. The molecule has 1 fully saturated rings. The average molecular weight is 429 g/mol. The Balaban J connectivity index is 1.76. The van der Waals surface area contributed by atoms with E-state index in [2.05, 4.69) is 0 Å². The third-order valence-corrected chi connectivity index (χ3v) is 5.65. The number of carbonyl (C=O) groups is 4. The first-order chi connectivity index (χ1) is 14.3. The second-order valence-corrected chi connectivity index (χ2v) is 7.60. The van der Waals surface area contributed by atoms with E-state index in [1.165, 1.54) is 25.3 Å². The lowest BCUT2D eigenvalue weighted by Crippen LogP contribution is -2.47.